The molecule has 0 amide bonds. The molecule has 0 saturated heterocycles. The molecule has 2 aromatic rings. The highest BCUT2D eigenvalue weighted by molar-refractivity contribution is 7.90. The van der Waals surface area contributed by atoms with Crippen LogP contribution in [0.4, 0.5) is 17.1 Å². The van der Waals surface area contributed by atoms with E-state index in [0.29, 0.717) is 18.8 Å². The van der Waals surface area contributed by atoms with Crippen LogP contribution in [0, 0.1) is 0 Å². The van der Waals surface area contributed by atoms with Crippen LogP contribution in [0.15, 0.2) is 48.5 Å². The van der Waals surface area contributed by atoms with Gasteiger partial charge in [-0.3, -0.25) is 4.72 Å². The Bertz CT molecular complexity index is 799. The second kappa shape index (κ2) is 6.83. The zero-order valence-corrected chi connectivity index (χ0v) is 14.9. The first kappa shape index (κ1) is 16.8. The second-order valence-electron chi connectivity index (χ2n) is 5.77. The van der Waals surface area contributed by atoms with Gasteiger partial charge < -0.3 is 4.90 Å². The van der Waals surface area contributed by atoms with E-state index in [1.165, 1.54) is 15.6 Å². The van der Waals surface area contributed by atoms with Crippen molar-refractivity contribution in [3.05, 3.63) is 54.1 Å². The van der Waals surface area contributed by atoms with Gasteiger partial charge in [-0.05, 0) is 42.3 Å². The van der Waals surface area contributed by atoms with E-state index in [0.717, 1.165) is 18.7 Å². The van der Waals surface area contributed by atoms with E-state index in [1.54, 1.807) is 0 Å². The van der Waals surface area contributed by atoms with Crippen LogP contribution in [-0.4, -0.2) is 32.4 Å². The normalized spacial score (nSPS) is 14.0. The van der Waals surface area contributed by atoms with Crippen LogP contribution in [0.5, 0.6) is 0 Å². The number of anilines is 3. The topological polar surface area (TPSA) is 52.7 Å². The van der Waals surface area contributed by atoms with Crippen molar-refractivity contribution in [1.29, 1.82) is 0 Å². The molecule has 3 rings (SSSR count). The van der Waals surface area contributed by atoms with E-state index < -0.39 is 10.2 Å². The molecule has 24 heavy (non-hydrogen) atoms. The van der Waals surface area contributed by atoms with Crippen LogP contribution < -0.4 is 9.62 Å². The maximum atomic E-state index is 12.3. The van der Waals surface area contributed by atoms with E-state index in [1.807, 2.05) is 44.2 Å². The minimum absolute atomic E-state index is 0.453. The van der Waals surface area contributed by atoms with Gasteiger partial charge in [-0.2, -0.15) is 12.7 Å². The maximum absolute atomic E-state index is 12.3. The van der Waals surface area contributed by atoms with Gasteiger partial charge in [-0.15, -0.1) is 0 Å². The van der Waals surface area contributed by atoms with Gasteiger partial charge in [0.15, 0.2) is 0 Å². The third kappa shape index (κ3) is 3.25. The Labute approximate surface area is 144 Å². The summed E-state index contributed by atoms with van der Waals surface area (Å²) in [6.45, 7) is 5.51. The van der Waals surface area contributed by atoms with Crippen molar-refractivity contribution in [1.82, 2.24) is 4.31 Å². The molecule has 1 heterocycles. The van der Waals surface area contributed by atoms with Gasteiger partial charge in [-0.1, -0.05) is 32.0 Å². The van der Waals surface area contributed by atoms with E-state index in [2.05, 4.69) is 27.8 Å². The van der Waals surface area contributed by atoms with E-state index in [-0.39, 0.29) is 0 Å². The summed E-state index contributed by atoms with van der Waals surface area (Å²) in [5, 5.41) is 0. The van der Waals surface area contributed by atoms with Gasteiger partial charge in [0.25, 0.3) is 0 Å². The lowest BCUT2D eigenvalue weighted by Crippen LogP contribution is -2.35. The average Bonchev–Trinajstić information content (AvgIpc) is 3.00. The Hall–Kier alpha value is -2.05. The molecule has 0 aliphatic carbocycles. The van der Waals surface area contributed by atoms with Crippen molar-refractivity contribution in [2.24, 2.45) is 0 Å². The Morgan fingerprint density at radius 2 is 1.71 bits per heavy atom. The molecular weight excluding hydrogens is 322 g/mol. The van der Waals surface area contributed by atoms with Crippen LogP contribution in [0.3, 0.4) is 0 Å². The minimum Gasteiger partial charge on any atom is -0.341 e. The highest BCUT2D eigenvalue weighted by Crippen LogP contribution is 2.34. The summed E-state index contributed by atoms with van der Waals surface area (Å²) >= 11 is 0. The Morgan fingerprint density at radius 1 is 1.04 bits per heavy atom. The van der Waals surface area contributed by atoms with Gasteiger partial charge in [0, 0.05) is 36.7 Å². The number of rotatable bonds is 6. The Balaban J connectivity index is 1.78. The summed E-state index contributed by atoms with van der Waals surface area (Å²) in [7, 11) is -3.49. The maximum Gasteiger partial charge on any atom is 0.301 e. The molecule has 2 aromatic carbocycles. The van der Waals surface area contributed by atoms with Gasteiger partial charge >= 0.3 is 10.2 Å². The molecule has 128 valence electrons. The fourth-order valence-electron chi connectivity index (χ4n) is 3.09. The highest BCUT2D eigenvalue weighted by atomic mass is 32.2. The average molecular weight is 345 g/mol. The first-order valence-electron chi connectivity index (χ1n) is 8.28. The molecule has 1 aliphatic rings. The predicted molar refractivity (Wildman–Crippen MR) is 99.1 cm³/mol. The molecule has 1 N–H and O–H groups in total. The van der Waals surface area contributed by atoms with E-state index in [4.69, 9.17) is 0 Å². The summed E-state index contributed by atoms with van der Waals surface area (Å²) < 4.78 is 28.6. The number of para-hydroxylation sites is 1. The fraction of sp³-hybridized carbons (Fsp3) is 0.333. The van der Waals surface area contributed by atoms with Crippen LogP contribution in [-0.2, 0) is 16.6 Å². The van der Waals surface area contributed by atoms with Crippen LogP contribution in [0.2, 0.25) is 0 Å². The smallest absolute Gasteiger partial charge is 0.301 e. The third-order valence-electron chi connectivity index (χ3n) is 4.36. The molecule has 0 aromatic heterocycles. The van der Waals surface area contributed by atoms with Crippen molar-refractivity contribution in [2.45, 2.75) is 20.3 Å². The minimum atomic E-state index is -3.49. The lowest BCUT2D eigenvalue weighted by molar-refractivity contribution is 0.449. The molecule has 0 radical (unpaired) electrons. The van der Waals surface area contributed by atoms with Gasteiger partial charge in [0.2, 0.25) is 0 Å². The number of benzene rings is 2. The fourth-order valence-corrected chi connectivity index (χ4v) is 4.34. The molecule has 1 aliphatic heterocycles. The quantitative estimate of drug-likeness (QED) is 0.873. The molecule has 0 saturated carbocycles. The summed E-state index contributed by atoms with van der Waals surface area (Å²) in [6.07, 6.45) is 1.03. The Morgan fingerprint density at radius 3 is 2.38 bits per heavy atom. The second-order valence-corrected chi connectivity index (χ2v) is 7.44. The third-order valence-corrected chi connectivity index (χ3v) is 6.05. The van der Waals surface area contributed by atoms with Crippen molar-refractivity contribution < 1.29 is 8.42 Å². The molecule has 0 unspecified atom stereocenters. The lowest BCUT2D eigenvalue weighted by atomic mass is 10.2. The summed E-state index contributed by atoms with van der Waals surface area (Å²) in [5.41, 5.74) is 4.24. The van der Waals surface area contributed by atoms with Crippen molar-refractivity contribution in [3.63, 3.8) is 0 Å². The van der Waals surface area contributed by atoms with Crippen LogP contribution >= 0.6 is 0 Å². The number of hydrogen-bond donors (Lipinski definition) is 1. The molecule has 0 atom stereocenters. The predicted octanol–water partition coefficient (Wildman–Crippen LogP) is 3.38. The number of fused-ring (bicyclic) bond motifs is 1. The van der Waals surface area contributed by atoms with Gasteiger partial charge in [-0.25, -0.2) is 0 Å². The Kier molecular flexibility index (Phi) is 4.78. The monoisotopic (exact) mass is 345 g/mol. The molecular formula is C18H23N3O2S. The standard InChI is InChI=1S/C18H23N3O2S/c1-3-20(4-2)24(22,23)19-16-9-11-17(12-10-16)21-14-13-15-7-5-6-8-18(15)21/h5-12,19H,3-4,13-14H2,1-2H3. The highest BCUT2D eigenvalue weighted by Gasteiger charge is 2.21. The molecule has 0 fully saturated rings. The van der Waals surface area contributed by atoms with Gasteiger partial charge in [0.1, 0.15) is 0 Å². The molecule has 5 nitrogen and oxygen atoms in total. The van der Waals surface area contributed by atoms with Crippen molar-refractivity contribution in [3.8, 4) is 0 Å². The first-order valence-corrected chi connectivity index (χ1v) is 9.72. The number of nitrogens with zero attached hydrogens (tertiary/aromatic N) is 2. The molecule has 6 heteroatoms. The summed E-state index contributed by atoms with van der Waals surface area (Å²) in [6, 6.07) is 15.9. The largest absolute Gasteiger partial charge is 0.341 e. The van der Waals surface area contributed by atoms with E-state index in [9.17, 15) is 8.42 Å². The van der Waals surface area contributed by atoms with E-state index >= 15 is 0 Å². The lowest BCUT2D eigenvalue weighted by Gasteiger charge is -2.21. The molecule has 0 spiro atoms. The number of hydrogen-bond acceptors (Lipinski definition) is 3. The first-order chi connectivity index (χ1) is 11.5. The van der Waals surface area contributed by atoms with Crippen LogP contribution in [0.1, 0.15) is 19.4 Å². The zero-order valence-electron chi connectivity index (χ0n) is 14.1. The zero-order chi connectivity index (χ0) is 17.2. The van der Waals surface area contributed by atoms with Crippen molar-refractivity contribution >= 4 is 27.3 Å². The molecule has 0 bridgehead atoms. The summed E-state index contributed by atoms with van der Waals surface area (Å²) in [4.78, 5) is 2.26. The van der Waals surface area contributed by atoms with Crippen molar-refractivity contribution in [2.75, 3.05) is 29.3 Å². The van der Waals surface area contributed by atoms with Crippen LogP contribution in [0.25, 0.3) is 0 Å². The summed E-state index contributed by atoms with van der Waals surface area (Å²) in [5.74, 6) is 0. The number of nitrogens with one attached hydrogen (secondary N) is 1. The SMILES string of the molecule is CCN(CC)S(=O)(=O)Nc1ccc(N2CCc3ccccc32)cc1. The van der Waals surface area contributed by atoms with Gasteiger partial charge in [0.05, 0.1) is 0 Å².